The lowest BCUT2D eigenvalue weighted by Gasteiger charge is -2.22. The molecule has 20 heavy (non-hydrogen) atoms. The maximum absolute atomic E-state index is 5.53. The lowest BCUT2D eigenvalue weighted by molar-refractivity contribution is 0.415. The van der Waals surface area contributed by atoms with Gasteiger partial charge in [0.25, 0.3) is 0 Å². The molecule has 1 aliphatic rings. The highest BCUT2D eigenvalue weighted by atomic mass is 16.5. The monoisotopic (exact) mass is 269 g/mol. The van der Waals surface area contributed by atoms with Crippen molar-refractivity contribution < 1.29 is 4.74 Å². The van der Waals surface area contributed by atoms with Crippen molar-refractivity contribution >= 4 is 11.0 Å². The van der Waals surface area contributed by atoms with E-state index in [1.807, 2.05) is 18.2 Å². The van der Waals surface area contributed by atoms with Crippen LogP contribution in [0.25, 0.3) is 11.0 Å². The first kappa shape index (κ1) is 13.0. The van der Waals surface area contributed by atoms with E-state index in [1.54, 1.807) is 7.11 Å². The SMILES string of the molecule is C#CCn1c(C2CCNCC2)nc2cc(OC)ccc21. The van der Waals surface area contributed by atoms with E-state index in [0.717, 1.165) is 48.5 Å². The van der Waals surface area contributed by atoms with E-state index >= 15 is 0 Å². The molecule has 1 N–H and O–H groups in total. The van der Waals surface area contributed by atoms with Crippen molar-refractivity contribution in [2.45, 2.75) is 25.3 Å². The predicted molar refractivity (Wildman–Crippen MR) is 80.0 cm³/mol. The maximum atomic E-state index is 5.53. The number of benzene rings is 1. The van der Waals surface area contributed by atoms with Gasteiger partial charge in [-0.25, -0.2) is 4.98 Å². The van der Waals surface area contributed by atoms with Crippen LogP contribution >= 0.6 is 0 Å². The standard InChI is InChI=1S/C16H19N3O/c1-3-10-19-15-5-4-13(20-2)11-14(15)18-16(19)12-6-8-17-9-7-12/h1,4-5,11-12,17H,6-10H2,2H3. The average Bonchev–Trinajstić information content (AvgIpc) is 2.86. The highest BCUT2D eigenvalue weighted by molar-refractivity contribution is 5.78. The zero-order valence-electron chi connectivity index (χ0n) is 11.7. The number of imidazole rings is 1. The molecule has 0 amide bonds. The summed E-state index contributed by atoms with van der Waals surface area (Å²) in [5.74, 6) is 5.19. The summed E-state index contributed by atoms with van der Waals surface area (Å²) in [5.41, 5.74) is 2.06. The molecule has 0 bridgehead atoms. The van der Waals surface area contributed by atoms with E-state index in [2.05, 4.69) is 15.8 Å². The third-order valence-electron chi connectivity index (χ3n) is 3.94. The van der Waals surface area contributed by atoms with Crippen molar-refractivity contribution in [3.8, 4) is 18.1 Å². The number of piperidine rings is 1. The van der Waals surface area contributed by atoms with Crippen LogP contribution in [-0.4, -0.2) is 29.8 Å². The number of nitrogens with one attached hydrogen (secondary N) is 1. The number of methoxy groups -OCH3 is 1. The Balaban J connectivity index is 2.09. The third-order valence-corrected chi connectivity index (χ3v) is 3.94. The van der Waals surface area contributed by atoms with Gasteiger partial charge in [-0.2, -0.15) is 0 Å². The first-order valence-corrected chi connectivity index (χ1v) is 7.02. The first-order valence-electron chi connectivity index (χ1n) is 7.02. The van der Waals surface area contributed by atoms with Crippen LogP contribution < -0.4 is 10.1 Å². The molecule has 0 saturated carbocycles. The number of hydrogen-bond donors (Lipinski definition) is 1. The molecule has 1 aliphatic heterocycles. The van der Waals surface area contributed by atoms with E-state index in [1.165, 1.54) is 0 Å². The Morgan fingerprint density at radius 3 is 2.95 bits per heavy atom. The second kappa shape index (κ2) is 5.56. The number of ether oxygens (including phenoxy) is 1. The minimum atomic E-state index is 0.489. The van der Waals surface area contributed by atoms with Crippen LogP contribution in [0.2, 0.25) is 0 Å². The molecule has 0 unspecified atom stereocenters. The smallest absolute Gasteiger partial charge is 0.121 e. The van der Waals surface area contributed by atoms with Crippen LogP contribution in [0.3, 0.4) is 0 Å². The van der Waals surface area contributed by atoms with Crippen LogP contribution in [0.4, 0.5) is 0 Å². The topological polar surface area (TPSA) is 39.1 Å². The van der Waals surface area contributed by atoms with Gasteiger partial charge in [0.15, 0.2) is 0 Å². The van der Waals surface area contributed by atoms with Crippen LogP contribution in [-0.2, 0) is 6.54 Å². The van der Waals surface area contributed by atoms with Gasteiger partial charge in [-0.05, 0) is 38.1 Å². The number of fused-ring (bicyclic) bond motifs is 1. The van der Waals surface area contributed by atoms with E-state index in [0.29, 0.717) is 12.5 Å². The number of hydrogen-bond acceptors (Lipinski definition) is 3. The van der Waals surface area contributed by atoms with Crippen LogP contribution in [0.15, 0.2) is 18.2 Å². The van der Waals surface area contributed by atoms with Crippen molar-refractivity contribution in [2.24, 2.45) is 0 Å². The lowest BCUT2D eigenvalue weighted by atomic mass is 9.97. The molecule has 0 aliphatic carbocycles. The van der Waals surface area contributed by atoms with Gasteiger partial charge in [-0.15, -0.1) is 6.42 Å². The molecule has 3 rings (SSSR count). The summed E-state index contributed by atoms with van der Waals surface area (Å²) in [4.78, 5) is 4.82. The van der Waals surface area contributed by atoms with Gasteiger partial charge >= 0.3 is 0 Å². The first-order chi connectivity index (χ1) is 9.83. The highest BCUT2D eigenvalue weighted by Gasteiger charge is 2.22. The highest BCUT2D eigenvalue weighted by Crippen LogP contribution is 2.29. The minimum absolute atomic E-state index is 0.489. The van der Waals surface area contributed by atoms with E-state index in [4.69, 9.17) is 16.1 Å². The maximum Gasteiger partial charge on any atom is 0.121 e. The zero-order valence-corrected chi connectivity index (χ0v) is 11.7. The van der Waals surface area contributed by atoms with Crippen molar-refractivity contribution in [1.29, 1.82) is 0 Å². The lowest BCUT2D eigenvalue weighted by Crippen LogP contribution is -2.28. The van der Waals surface area contributed by atoms with Crippen LogP contribution in [0, 0.1) is 12.3 Å². The van der Waals surface area contributed by atoms with Crippen molar-refractivity contribution in [1.82, 2.24) is 14.9 Å². The Morgan fingerprint density at radius 2 is 2.25 bits per heavy atom. The minimum Gasteiger partial charge on any atom is -0.497 e. The second-order valence-corrected chi connectivity index (χ2v) is 5.14. The van der Waals surface area contributed by atoms with Gasteiger partial charge in [0, 0.05) is 12.0 Å². The summed E-state index contributed by atoms with van der Waals surface area (Å²) in [5, 5.41) is 3.39. The van der Waals surface area contributed by atoms with Crippen molar-refractivity contribution in [3.63, 3.8) is 0 Å². The van der Waals surface area contributed by atoms with Gasteiger partial charge in [0.2, 0.25) is 0 Å². The molecular formula is C16H19N3O. The molecule has 2 aromatic rings. The molecule has 1 aromatic heterocycles. The quantitative estimate of drug-likeness (QED) is 0.868. The summed E-state index contributed by atoms with van der Waals surface area (Å²) in [7, 11) is 1.67. The Labute approximate surface area is 119 Å². The fourth-order valence-corrected chi connectivity index (χ4v) is 2.90. The predicted octanol–water partition coefficient (Wildman–Crippen LogP) is 2.15. The molecule has 4 heteroatoms. The molecule has 104 valence electrons. The van der Waals surface area contributed by atoms with Crippen molar-refractivity contribution in [3.05, 3.63) is 24.0 Å². The zero-order chi connectivity index (χ0) is 13.9. The Kier molecular flexibility index (Phi) is 3.62. The van der Waals surface area contributed by atoms with Crippen molar-refractivity contribution in [2.75, 3.05) is 20.2 Å². The van der Waals surface area contributed by atoms with Gasteiger partial charge in [0.1, 0.15) is 11.6 Å². The summed E-state index contributed by atoms with van der Waals surface area (Å²) >= 11 is 0. The van der Waals surface area contributed by atoms with Gasteiger partial charge in [-0.3, -0.25) is 0 Å². The summed E-state index contributed by atoms with van der Waals surface area (Å²) < 4.78 is 7.45. The third kappa shape index (κ3) is 2.25. The molecule has 1 aromatic carbocycles. The van der Waals surface area contributed by atoms with E-state index < -0.39 is 0 Å². The number of terminal acetylenes is 1. The number of rotatable bonds is 3. The fourth-order valence-electron chi connectivity index (χ4n) is 2.90. The molecule has 4 nitrogen and oxygen atoms in total. The van der Waals surface area contributed by atoms with Gasteiger partial charge in [-0.1, -0.05) is 5.92 Å². The number of aromatic nitrogens is 2. The summed E-state index contributed by atoms with van der Waals surface area (Å²) in [6.07, 6.45) is 7.76. The van der Waals surface area contributed by atoms with Gasteiger partial charge < -0.3 is 14.6 Å². The van der Waals surface area contributed by atoms with Crippen LogP contribution in [0.1, 0.15) is 24.6 Å². The van der Waals surface area contributed by atoms with E-state index in [-0.39, 0.29) is 0 Å². The second-order valence-electron chi connectivity index (χ2n) is 5.14. The summed E-state index contributed by atoms with van der Waals surface area (Å²) in [6.45, 7) is 2.67. The largest absolute Gasteiger partial charge is 0.497 e. The summed E-state index contributed by atoms with van der Waals surface area (Å²) in [6, 6.07) is 5.99. The Bertz CT molecular complexity index is 648. The van der Waals surface area contributed by atoms with Gasteiger partial charge in [0.05, 0.1) is 24.7 Å². The molecule has 1 fully saturated rings. The Hall–Kier alpha value is -1.99. The fraction of sp³-hybridized carbons (Fsp3) is 0.438. The number of nitrogens with zero attached hydrogens (tertiary/aromatic N) is 2. The Morgan fingerprint density at radius 1 is 1.45 bits per heavy atom. The molecule has 0 radical (unpaired) electrons. The molecular weight excluding hydrogens is 250 g/mol. The molecule has 2 heterocycles. The molecule has 0 atom stereocenters. The van der Waals surface area contributed by atoms with E-state index in [9.17, 15) is 0 Å². The average molecular weight is 269 g/mol. The normalized spacial score (nSPS) is 16.2. The molecule has 1 saturated heterocycles. The van der Waals surface area contributed by atoms with Crippen LogP contribution in [0.5, 0.6) is 5.75 Å². The molecule has 0 spiro atoms.